The molecule has 0 aliphatic rings. The number of hydrogen-bond donors (Lipinski definition) is 0. The fourth-order valence-electron chi connectivity index (χ4n) is 4.65. The van der Waals surface area contributed by atoms with Gasteiger partial charge in [0.05, 0.1) is 0 Å². The van der Waals surface area contributed by atoms with Gasteiger partial charge in [-0.3, -0.25) is 4.68 Å². The Morgan fingerprint density at radius 1 is 0.725 bits per heavy atom. The molecule has 0 bridgehead atoms. The third-order valence-electron chi connectivity index (χ3n) is 6.18. The molecule has 0 amide bonds. The molecule has 1 aromatic heterocycles. The van der Waals surface area contributed by atoms with Crippen molar-refractivity contribution in [3.05, 3.63) is 138 Å². The topological polar surface area (TPSA) is 76.4 Å². The summed E-state index contributed by atoms with van der Waals surface area (Å²) in [5.41, 5.74) is 1.98. The van der Waals surface area contributed by atoms with Gasteiger partial charge < -0.3 is 19.4 Å². The van der Waals surface area contributed by atoms with Crippen molar-refractivity contribution >= 4 is 6.16 Å². The molecule has 196 valence electrons. The third kappa shape index (κ3) is 6.16. The first-order valence-electron chi connectivity index (χ1n) is 11.8. The molecule has 5 aromatic rings. The van der Waals surface area contributed by atoms with Gasteiger partial charge in [0.1, 0.15) is 11.3 Å². The Bertz CT molecular complexity index is 1460. The number of carboxylic acid groups (broad SMARTS) is 1. The Balaban J connectivity index is 0.00000370. The first-order chi connectivity index (χ1) is 18.8. The number of ether oxygens (including phenoxy) is 2. The zero-order valence-corrected chi connectivity index (χ0v) is 24.3. The summed E-state index contributed by atoms with van der Waals surface area (Å²) in [6, 6.07) is 33.6. The SMILES string of the molecule is O=C([O-])Oc1nn(C(c2ccccc2)(c2ccccc2)c2ccccc2)cc1-c1ccc(OC(F)(F)F)cc1.[K+]. The standard InChI is InChI=1S/C30H21F3N2O4.K/c31-30(32,33)39-25-18-16-21(17-19-25)26-20-35(34-27(26)38-28(36)37)29(22-10-4-1-5-11-22,23-12-6-2-7-13-23)24-14-8-3-9-15-24;/h1-20H,(H,36,37);/q;+1/p-1. The van der Waals surface area contributed by atoms with Crippen LogP contribution in [0.2, 0.25) is 0 Å². The van der Waals surface area contributed by atoms with Crippen LogP contribution in [-0.2, 0) is 5.54 Å². The number of nitrogens with zero attached hydrogens (tertiary/aromatic N) is 2. The molecule has 0 saturated heterocycles. The summed E-state index contributed by atoms with van der Waals surface area (Å²) >= 11 is 0. The maximum Gasteiger partial charge on any atom is 1.00 e. The number of halogens is 3. The molecule has 0 spiro atoms. The van der Waals surface area contributed by atoms with Gasteiger partial charge in [-0.25, -0.2) is 0 Å². The van der Waals surface area contributed by atoms with Crippen molar-refractivity contribution in [3.63, 3.8) is 0 Å². The van der Waals surface area contributed by atoms with Crippen LogP contribution in [0, 0.1) is 0 Å². The molecule has 4 aromatic carbocycles. The van der Waals surface area contributed by atoms with E-state index >= 15 is 0 Å². The van der Waals surface area contributed by atoms with Gasteiger partial charge in [0.25, 0.3) is 6.16 Å². The van der Waals surface area contributed by atoms with Crippen LogP contribution in [0.25, 0.3) is 11.1 Å². The summed E-state index contributed by atoms with van der Waals surface area (Å²) in [4.78, 5) is 11.5. The number of carbonyl (C=O) groups excluding carboxylic acids is 1. The summed E-state index contributed by atoms with van der Waals surface area (Å²) in [5.74, 6) is -0.708. The maximum atomic E-state index is 12.7. The van der Waals surface area contributed by atoms with E-state index in [0.717, 1.165) is 28.8 Å². The van der Waals surface area contributed by atoms with E-state index in [1.165, 1.54) is 12.1 Å². The number of rotatable bonds is 7. The van der Waals surface area contributed by atoms with E-state index < -0.39 is 23.8 Å². The Morgan fingerprint density at radius 2 is 1.18 bits per heavy atom. The van der Waals surface area contributed by atoms with Gasteiger partial charge in [0, 0.05) is 11.8 Å². The predicted octanol–water partition coefficient (Wildman–Crippen LogP) is 3.02. The minimum Gasteiger partial charge on any atom is -0.495 e. The van der Waals surface area contributed by atoms with Gasteiger partial charge in [-0.2, -0.15) is 5.10 Å². The summed E-state index contributed by atoms with van der Waals surface area (Å²) in [6.07, 6.45) is -5.08. The van der Waals surface area contributed by atoms with E-state index in [4.69, 9.17) is 4.74 Å². The monoisotopic (exact) mass is 568 g/mol. The van der Waals surface area contributed by atoms with Crippen molar-refractivity contribution < 1.29 is 83.9 Å². The molecule has 40 heavy (non-hydrogen) atoms. The van der Waals surface area contributed by atoms with Crippen molar-refractivity contribution in [2.24, 2.45) is 0 Å². The summed E-state index contributed by atoms with van der Waals surface area (Å²) in [5, 5.41) is 16.1. The zero-order chi connectivity index (χ0) is 27.5. The van der Waals surface area contributed by atoms with Crippen LogP contribution >= 0.6 is 0 Å². The van der Waals surface area contributed by atoms with Gasteiger partial charge in [0.15, 0.2) is 5.88 Å². The molecule has 0 unspecified atom stereocenters. The van der Waals surface area contributed by atoms with Gasteiger partial charge in [-0.05, 0) is 34.4 Å². The average Bonchev–Trinajstić information content (AvgIpc) is 3.33. The summed E-state index contributed by atoms with van der Waals surface area (Å²) in [6.45, 7) is 0. The Kier molecular flexibility index (Phi) is 9.17. The second kappa shape index (κ2) is 12.4. The molecule has 0 aliphatic carbocycles. The van der Waals surface area contributed by atoms with Crippen LogP contribution in [0.5, 0.6) is 11.6 Å². The maximum absolute atomic E-state index is 12.7. The molecule has 10 heteroatoms. The number of carbonyl (C=O) groups is 1. The van der Waals surface area contributed by atoms with Crippen molar-refractivity contribution in [3.8, 4) is 22.8 Å². The van der Waals surface area contributed by atoms with E-state index in [0.29, 0.717) is 5.56 Å². The molecule has 0 atom stereocenters. The number of aromatic nitrogens is 2. The van der Waals surface area contributed by atoms with E-state index in [1.807, 2.05) is 91.0 Å². The van der Waals surface area contributed by atoms with Crippen LogP contribution in [0.4, 0.5) is 18.0 Å². The van der Waals surface area contributed by atoms with E-state index in [-0.39, 0.29) is 62.8 Å². The molecule has 1 heterocycles. The minimum atomic E-state index is -4.85. The van der Waals surface area contributed by atoms with E-state index in [2.05, 4.69) is 9.84 Å². The minimum absolute atomic E-state index is 0. The zero-order valence-electron chi connectivity index (χ0n) is 21.2. The van der Waals surface area contributed by atoms with Gasteiger partial charge in [-0.1, -0.05) is 103 Å². The summed E-state index contributed by atoms with van der Waals surface area (Å²) < 4.78 is 48.5. The number of hydrogen-bond acceptors (Lipinski definition) is 5. The second-order valence-electron chi connectivity index (χ2n) is 8.53. The van der Waals surface area contributed by atoms with Crippen LogP contribution in [-0.4, -0.2) is 22.3 Å². The van der Waals surface area contributed by atoms with Crippen LogP contribution in [0.1, 0.15) is 16.7 Å². The fraction of sp³-hybridized carbons (Fsp3) is 0.0667. The van der Waals surface area contributed by atoms with Gasteiger partial charge >= 0.3 is 57.7 Å². The van der Waals surface area contributed by atoms with E-state index in [9.17, 15) is 23.1 Å². The number of benzene rings is 4. The molecular formula is C30H20F3KN2O4. The molecule has 0 fully saturated rings. The predicted molar refractivity (Wildman–Crippen MR) is 135 cm³/mol. The third-order valence-corrected chi connectivity index (χ3v) is 6.18. The van der Waals surface area contributed by atoms with Crippen LogP contribution < -0.4 is 66.0 Å². The Labute approximate surface area is 270 Å². The number of alkyl halides is 3. The quantitative estimate of drug-likeness (QED) is 0.172. The molecule has 6 nitrogen and oxygen atoms in total. The molecule has 0 saturated carbocycles. The van der Waals surface area contributed by atoms with Gasteiger partial charge in [-0.15, -0.1) is 13.2 Å². The van der Waals surface area contributed by atoms with Crippen molar-refractivity contribution in [1.82, 2.24) is 9.78 Å². The summed E-state index contributed by atoms with van der Waals surface area (Å²) in [7, 11) is 0. The first-order valence-corrected chi connectivity index (χ1v) is 11.8. The fourth-order valence-corrected chi connectivity index (χ4v) is 4.65. The smallest absolute Gasteiger partial charge is 0.495 e. The van der Waals surface area contributed by atoms with Crippen LogP contribution in [0.15, 0.2) is 121 Å². The molecular weight excluding hydrogens is 548 g/mol. The normalized spacial score (nSPS) is 11.4. The van der Waals surface area contributed by atoms with Crippen molar-refractivity contribution in [2.75, 3.05) is 0 Å². The molecule has 0 N–H and O–H groups in total. The van der Waals surface area contributed by atoms with Crippen molar-refractivity contribution in [2.45, 2.75) is 11.9 Å². The molecule has 0 aliphatic heterocycles. The largest absolute Gasteiger partial charge is 1.00 e. The Morgan fingerprint density at radius 3 is 1.57 bits per heavy atom. The van der Waals surface area contributed by atoms with Crippen molar-refractivity contribution in [1.29, 1.82) is 0 Å². The Hall–Kier alpha value is -3.41. The average molecular weight is 569 g/mol. The van der Waals surface area contributed by atoms with Crippen LogP contribution in [0.3, 0.4) is 0 Å². The molecule has 0 radical (unpaired) electrons. The second-order valence-corrected chi connectivity index (χ2v) is 8.53. The molecule has 5 rings (SSSR count). The van der Waals surface area contributed by atoms with E-state index in [1.54, 1.807) is 10.9 Å². The van der Waals surface area contributed by atoms with Gasteiger partial charge in [0.2, 0.25) is 0 Å². The first kappa shape index (κ1) is 29.6.